The molecule has 1 rings (SSSR count). The smallest absolute Gasteiger partial charge is 0.100 e. The van der Waals surface area contributed by atoms with Crippen molar-refractivity contribution in [3.05, 3.63) is 21.9 Å². The first-order chi connectivity index (χ1) is 6.63. The molecule has 3 nitrogen and oxygen atoms in total. The van der Waals surface area contributed by atoms with Gasteiger partial charge in [0.15, 0.2) is 0 Å². The molecule has 1 aromatic heterocycles. The predicted molar refractivity (Wildman–Crippen MR) is 57.2 cm³/mol. The van der Waals surface area contributed by atoms with Crippen molar-refractivity contribution in [2.24, 2.45) is 0 Å². The van der Waals surface area contributed by atoms with Crippen molar-refractivity contribution in [2.45, 2.75) is 12.5 Å². The van der Waals surface area contributed by atoms with Crippen LogP contribution in [0, 0.1) is 11.3 Å². The summed E-state index contributed by atoms with van der Waals surface area (Å²) in [6, 6.07) is 3.81. The summed E-state index contributed by atoms with van der Waals surface area (Å²) in [7, 11) is 3.95. The fraction of sp³-hybridized carbons (Fsp3) is 0.500. The van der Waals surface area contributed by atoms with E-state index in [1.807, 2.05) is 19.0 Å². The van der Waals surface area contributed by atoms with E-state index < -0.39 is 6.10 Å². The van der Waals surface area contributed by atoms with Crippen LogP contribution in [0.2, 0.25) is 0 Å². The van der Waals surface area contributed by atoms with Crippen LogP contribution < -0.4 is 0 Å². The predicted octanol–water partition coefficient (Wildman–Crippen LogP) is 1.60. The molecule has 1 aromatic rings. The molecule has 0 saturated carbocycles. The second-order valence-electron chi connectivity index (χ2n) is 3.46. The molecule has 14 heavy (non-hydrogen) atoms. The Morgan fingerprint density at radius 1 is 1.64 bits per heavy atom. The van der Waals surface area contributed by atoms with Crippen LogP contribution in [0.15, 0.2) is 11.4 Å². The molecule has 1 unspecified atom stereocenters. The summed E-state index contributed by atoms with van der Waals surface area (Å²) in [5.41, 5.74) is 0.633. The Morgan fingerprint density at radius 2 is 2.36 bits per heavy atom. The van der Waals surface area contributed by atoms with Crippen LogP contribution >= 0.6 is 11.3 Å². The number of hydrogen-bond donors (Lipinski definition) is 1. The summed E-state index contributed by atoms with van der Waals surface area (Å²) < 4.78 is 0. The van der Waals surface area contributed by atoms with Gasteiger partial charge in [0.05, 0.1) is 11.7 Å². The summed E-state index contributed by atoms with van der Waals surface area (Å²) in [6.45, 7) is 0.848. The van der Waals surface area contributed by atoms with Gasteiger partial charge in [0.2, 0.25) is 0 Å². The van der Waals surface area contributed by atoms with Crippen LogP contribution in [0.5, 0.6) is 0 Å². The summed E-state index contributed by atoms with van der Waals surface area (Å²) in [5, 5.41) is 20.1. The molecule has 0 aliphatic carbocycles. The zero-order chi connectivity index (χ0) is 10.6. The maximum Gasteiger partial charge on any atom is 0.100 e. The van der Waals surface area contributed by atoms with Gasteiger partial charge < -0.3 is 10.0 Å². The van der Waals surface area contributed by atoms with E-state index in [4.69, 9.17) is 5.26 Å². The molecule has 0 saturated heterocycles. The monoisotopic (exact) mass is 210 g/mol. The van der Waals surface area contributed by atoms with Crippen LogP contribution in [-0.4, -0.2) is 30.6 Å². The Balaban J connectivity index is 2.52. The number of aliphatic hydroxyl groups is 1. The summed E-state index contributed by atoms with van der Waals surface area (Å²) in [4.78, 5) is 2.91. The molecule has 0 aromatic carbocycles. The van der Waals surface area contributed by atoms with Gasteiger partial charge in [-0.25, -0.2) is 0 Å². The van der Waals surface area contributed by atoms with Gasteiger partial charge in [0.1, 0.15) is 6.07 Å². The highest BCUT2D eigenvalue weighted by atomic mass is 32.1. The molecule has 76 valence electrons. The van der Waals surface area contributed by atoms with E-state index >= 15 is 0 Å². The fourth-order valence-corrected chi connectivity index (χ4v) is 1.96. The first-order valence-electron chi connectivity index (χ1n) is 4.45. The van der Waals surface area contributed by atoms with E-state index in [0.717, 1.165) is 11.4 Å². The molecule has 0 aliphatic heterocycles. The summed E-state index contributed by atoms with van der Waals surface area (Å²) >= 11 is 1.44. The number of rotatable bonds is 4. The normalized spacial score (nSPS) is 12.8. The van der Waals surface area contributed by atoms with Crippen LogP contribution in [0.1, 0.15) is 23.0 Å². The topological polar surface area (TPSA) is 47.3 Å². The number of nitrogens with zero attached hydrogens (tertiary/aromatic N) is 2. The number of hydrogen-bond acceptors (Lipinski definition) is 4. The fourth-order valence-electron chi connectivity index (χ4n) is 1.11. The second kappa shape index (κ2) is 5.11. The van der Waals surface area contributed by atoms with Crippen molar-refractivity contribution < 1.29 is 5.11 Å². The lowest BCUT2D eigenvalue weighted by Gasteiger charge is -2.12. The Bertz CT molecular complexity index is 327. The van der Waals surface area contributed by atoms with Crippen molar-refractivity contribution in [3.8, 4) is 6.07 Å². The third-order valence-electron chi connectivity index (χ3n) is 1.93. The first kappa shape index (κ1) is 11.2. The van der Waals surface area contributed by atoms with E-state index in [9.17, 15) is 5.11 Å². The third kappa shape index (κ3) is 3.11. The largest absolute Gasteiger partial charge is 0.388 e. The maximum absolute atomic E-state index is 9.75. The molecular weight excluding hydrogens is 196 g/mol. The minimum Gasteiger partial charge on any atom is -0.388 e. The molecular formula is C10H14N2OS. The number of nitriles is 1. The van der Waals surface area contributed by atoms with Crippen molar-refractivity contribution in [1.29, 1.82) is 5.26 Å². The summed E-state index contributed by atoms with van der Waals surface area (Å²) in [5.74, 6) is 0. The number of aliphatic hydroxyl groups excluding tert-OH is 1. The van der Waals surface area contributed by atoms with Gasteiger partial charge >= 0.3 is 0 Å². The van der Waals surface area contributed by atoms with Gasteiger partial charge in [0, 0.05) is 16.8 Å². The average molecular weight is 210 g/mol. The molecule has 0 amide bonds. The first-order valence-corrected chi connectivity index (χ1v) is 5.32. The second-order valence-corrected chi connectivity index (χ2v) is 4.40. The minimum absolute atomic E-state index is 0.440. The highest BCUT2D eigenvalue weighted by molar-refractivity contribution is 7.10. The SMILES string of the molecule is CN(C)CCC(O)c1cc(C#N)cs1. The van der Waals surface area contributed by atoms with Crippen LogP contribution in [-0.2, 0) is 0 Å². The Kier molecular flexibility index (Phi) is 4.08. The van der Waals surface area contributed by atoms with Gasteiger partial charge in [-0.05, 0) is 26.6 Å². The van der Waals surface area contributed by atoms with Crippen LogP contribution in [0.25, 0.3) is 0 Å². The highest BCUT2D eigenvalue weighted by Crippen LogP contribution is 2.24. The molecule has 1 heterocycles. The van der Waals surface area contributed by atoms with Crippen molar-refractivity contribution in [2.75, 3.05) is 20.6 Å². The zero-order valence-corrected chi connectivity index (χ0v) is 9.21. The molecule has 0 spiro atoms. The molecule has 0 bridgehead atoms. The molecule has 4 heteroatoms. The molecule has 0 radical (unpaired) electrons. The van der Waals surface area contributed by atoms with Gasteiger partial charge in [-0.15, -0.1) is 11.3 Å². The zero-order valence-electron chi connectivity index (χ0n) is 8.40. The van der Waals surface area contributed by atoms with Gasteiger partial charge in [-0.3, -0.25) is 0 Å². The Morgan fingerprint density at radius 3 is 2.86 bits per heavy atom. The lowest BCUT2D eigenvalue weighted by Crippen LogP contribution is -2.15. The molecule has 1 atom stereocenters. The van der Waals surface area contributed by atoms with Crippen LogP contribution in [0.3, 0.4) is 0 Å². The van der Waals surface area contributed by atoms with Crippen molar-refractivity contribution >= 4 is 11.3 Å². The lowest BCUT2D eigenvalue weighted by molar-refractivity contribution is 0.158. The third-order valence-corrected chi connectivity index (χ3v) is 2.96. The number of thiophene rings is 1. The minimum atomic E-state index is -0.440. The van der Waals surface area contributed by atoms with E-state index in [0.29, 0.717) is 12.0 Å². The van der Waals surface area contributed by atoms with E-state index in [2.05, 4.69) is 6.07 Å². The lowest BCUT2D eigenvalue weighted by atomic mass is 10.2. The van der Waals surface area contributed by atoms with Gasteiger partial charge in [0.25, 0.3) is 0 Å². The van der Waals surface area contributed by atoms with E-state index in [-0.39, 0.29) is 0 Å². The van der Waals surface area contributed by atoms with Crippen molar-refractivity contribution in [1.82, 2.24) is 4.90 Å². The molecule has 0 fully saturated rings. The summed E-state index contributed by atoms with van der Waals surface area (Å²) in [6.07, 6.45) is 0.266. The van der Waals surface area contributed by atoms with Crippen LogP contribution in [0.4, 0.5) is 0 Å². The highest BCUT2D eigenvalue weighted by Gasteiger charge is 2.10. The Hall–Kier alpha value is -0.890. The van der Waals surface area contributed by atoms with Gasteiger partial charge in [-0.2, -0.15) is 5.26 Å². The quantitative estimate of drug-likeness (QED) is 0.821. The van der Waals surface area contributed by atoms with E-state index in [1.165, 1.54) is 11.3 Å². The Labute approximate surface area is 88.2 Å². The molecule has 1 N–H and O–H groups in total. The standard InChI is InChI=1S/C10H14N2OS/c1-12(2)4-3-9(13)10-5-8(6-11)7-14-10/h5,7,9,13H,3-4H2,1-2H3. The van der Waals surface area contributed by atoms with Gasteiger partial charge in [-0.1, -0.05) is 0 Å². The molecule has 0 aliphatic rings. The average Bonchev–Trinajstić information content (AvgIpc) is 2.62. The van der Waals surface area contributed by atoms with Crippen molar-refractivity contribution in [3.63, 3.8) is 0 Å². The van der Waals surface area contributed by atoms with E-state index in [1.54, 1.807) is 11.4 Å². The maximum atomic E-state index is 9.75.